The molecule has 2 heteroatoms. The lowest BCUT2D eigenvalue weighted by Gasteiger charge is -2.61. The molecule has 0 radical (unpaired) electrons. The minimum absolute atomic E-state index is 0.221. The van der Waals surface area contributed by atoms with Gasteiger partial charge in [-0.05, 0) is 119 Å². The molecule has 0 amide bonds. The molecule has 0 saturated heterocycles. The molecule has 4 aliphatic carbocycles. The van der Waals surface area contributed by atoms with Gasteiger partial charge in [-0.1, -0.05) is 127 Å². The number of hydrogen-bond donors (Lipinski definition) is 0. The number of benzene rings is 7. The van der Waals surface area contributed by atoms with Crippen molar-refractivity contribution in [3.63, 3.8) is 0 Å². The van der Waals surface area contributed by atoms with Crippen LogP contribution in [-0.2, 0) is 0 Å². The number of fused-ring (bicyclic) bond motifs is 6. The molecule has 0 unspecified atom stereocenters. The summed E-state index contributed by atoms with van der Waals surface area (Å²) in [5, 5.41) is 6.01. The van der Waals surface area contributed by atoms with Gasteiger partial charge in [0.05, 0.1) is 0 Å². The Labute approximate surface area is 305 Å². The normalized spacial score (nSPS) is 22.0. The summed E-state index contributed by atoms with van der Waals surface area (Å²) in [6.07, 6.45) is 8.31. The van der Waals surface area contributed by atoms with Crippen LogP contribution < -0.4 is 4.90 Å². The van der Waals surface area contributed by atoms with Gasteiger partial charge in [-0.25, -0.2) is 0 Å². The van der Waals surface area contributed by atoms with Crippen LogP contribution in [0.25, 0.3) is 66.1 Å². The van der Waals surface area contributed by atoms with Crippen LogP contribution in [0.4, 0.5) is 11.4 Å². The van der Waals surface area contributed by atoms with Crippen molar-refractivity contribution in [2.45, 2.75) is 44.1 Å². The minimum Gasteiger partial charge on any atom is -0.455 e. The molecule has 52 heavy (non-hydrogen) atoms. The van der Waals surface area contributed by atoms with E-state index in [9.17, 15) is 0 Å². The molecule has 0 aliphatic heterocycles. The summed E-state index contributed by atoms with van der Waals surface area (Å²) < 4.78 is 6.99. The first-order valence-electron chi connectivity index (χ1n) is 19.2. The molecule has 4 bridgehead atoms. The zero-order valence-electron chi connectivity index (χ0n) is 29.3. The van der Waals surface area contributed by atoms with E-state index in [0.717, 1.165) is 51.2 Å². The highest BCUT2D eigenvalue weighted by molar-refractivity contribution is 6.28. The lowest BCUT2D eigenvalue weighted by atomic mass is 9.52. The van der Waals surface area contributed by atoms with Gasteiger partial charge in [0.15, 0.2) is 0 Å². The Kier molecular flexibility index (Phi) is 6.77. The third-order valence-corrected chi connectivity index (χ3v) is 12.7. The van der Waals surface area contributed by atoms with E-state index < -0.39 is 0 Å². The van der Waals surface area contributed by atoms with Gasteiger partial charge in [-0.2, -0.15) is 0 Å². The quantitative estimate of drug-likeness (QED) is 0.164. The van der Waals surface area contributed by atoms with Crippen LogP contribution in [0.1, 0.15) is 38.5 Å². The van der Waals surface area contributed by atoms with Crippen LogP contribution in [0, 0.1) is 17.8 Å². The van der Waals surface area contributed by atoms with Gasteiger partial charge in [0.25, 0.3) is 0 Å². The third-order valence-electron chi connectivity index (χ3n) is 12.7. The molecule has 8 aromatic rings. The van der Waals surface area contributed by atoms with Gasteiger partial charge in [0.1, 0.15) is 11.3 Å². The number of rotatable bonds is 6. The van der Waals surface area contributed by atoms with E-state index in [1.807, 2.05) is 0 Å². The molecule has 0 atom stereocenters. The van der Waals surface area contributed by atoms with Crippen molar-refractivity contribution in [1.82, 2.24) is 0 Å². The molecule has 4 saturated carbocycles. The monoisotopic (exact) mass is 671 g/mol. The molecule has 2 nitrogen and oxygen atoms in total. The topological polar surface area (TPSA) is 16.4 Å². The Balaban J connectivity index is 1.09. The van der Waals surface area contributed by atoms with Crippen LogP contribution in [0.5, 0.6) is 0 Å². The second-order valence-corrected chi connectivity index (χ2v) is 15.9. The Morgan fingerprint density at radius 3 is 1.62 bits per heavy atom. The molecule has 4 fully saturated rings. The first-order chi connectivity index (χ1) is 25.7. The lowest BCUT2D eigenvalue weighted by molar-refractivity contribution is 0.000557. The molecule has 252 valence electrons. The van der Waals surface area contributed by atoms with Gasteiger partial charge < -0.3 is 9.32 Å². The third kappa shape index (κ3) is 4.70. The Hall–Kier alpha value is -5.60. The zero-order valence-corrected chi connectivity index (χ0v) is 29.3. The fourth-order valence-corrected chi connectivity index (χ4v) is 11.0. The molecule has 1 aromatic heterocycles. The second-order valence-electron chi connectivity index (χ2n) is 15.9. The number of hydrogen-bond acceptors (Lipinski definition) is 2. The average Bonchev–Trinajstić information content (AvgIpc) is 3.60. The highest BCUT2D eigenvalue weighted by Crippen LogP contribution is 2.60. The molecule has 0 N–H and O–H groups in total. The molecule has 4 aliphatic rings. The number of furan rings is 1. The van der Waals surface area contributed by atoms with E-state index in [0.29, 0.717) is 0 Å². The zero-order chi connectivity index (χ0) is 34.2. The highest BCUT2D eigenvalue weighted by atomic mass is 16.3. The Morgan fingerprint density at radius 1 is 0.442 bits per heavy atom. The molecule has 7 aromatic carbocycles. The number of para-hydroxylation sites is 1. The summed E-state index contributed by atoms with van der Waals surface area (Å²) in [4.78, 5) is 2.75. The maximum absolute atomic E-state index is 6.99. The summed E-state index contributed by atoms with van der Waals surface area (Å²) >= 11 is 0. The predicted molar refractivity (Wildman–Crippen MR) is 217 cm³/mol. The lowest BCUT2D eigenvalue weighted by Crippen LogP contribution is -2.58. The Bertz CT molecular complexity index is 2550. The predicted octanol–water partition coefficient (Wildman–Crippen LogP) is 13.8. The minimum atomic E-state index is 0.221. The summed E-state index contributed by atoms with van der Waals surface area (Å²) in [6, 6.07) is 57.8. The van der Waals surface area contributed by atoms with Crippen LogP contribution in [0.2, 0.25) is 0 Å². The van der Waals surface area contributed by atoms with E-state index in [1.165, 1.54) is 82.6 Å². The van der Waals surface area contributed by atoms with Crippen molar-refractivity contribution in [1.29, 1.82) is 0 Å². The molecule has 12 rings (SSSR count). The van der Waals surface area contributed by atoms with Gasteiger partial charge in [0.2, 0.25) is 0 Å². The fourth-order valence-electron chi connectivity index (χ4n) is 11.0. The van der Waals surface area contributed by atoms with Crippen molar-refractivity contribution in [3.8, 4) is 33.6 Å². The molecular formula is C50H41NO. The Morgan fingerprint density at radius 2 is 0.962 bits per heavy atom. The van der Waals surface area contributed by atoms with E-state index in [2.05, 4.69) is 163 Å². The van der Waals surface area contributed by atoms with E-state index >= 15 is 0 Å². The molecule has 0 spiro atoms. The summed E-state index contributed by atoms with van der Waals surface area (Å²) in [5.74, 6) is 3.56. The SMILES string of the molecule is c1ccc(-c2oc3c4ccccc4c4ccc(-c5ccc(N(c6ccccc6)C67CC8CC(CC(C8)C6)C7)cc5)cc4c3c2-c2ccccc2)cc1. The fraction of sp³-hybridized carbons (Fsp3) is 0.200. The van der Waals surface area contributed by atoms with Crippen molar-refractivity contribution < 1.29 is 4.42 Å². The number of anilines is 2. The average molecular weight is 672 g/mol. The summed E-state index contributed by atoms with van der Waals surface area (Å²) in [6.45, 7) is 0. The highest BCUT2D eigenvalue weighted by Gasteiger charge is 2.54. The standard InChI is InChI=1S/C50H41NO/c1-4-12-37(13-5-1)46-47-45-29-39(22-25-43(45)42-18-10-11-19-44(42)49(47)52-48(46)38-14-6-2-7-15-38)36-20-23-41(24-21-36)51(40-16-8-3-9-17-40)50-30-33-26-34(31-50)28-35(27-33)32-50/h1-25,29,33-35H,26-28,30-32H2. The van der Waals surface area contributed by atoms with Crippen molar-refractivity contribution in [2.24, 2.45) is 17.8 Å². The van der Waals surface area contributed by atoms with Crippen molar-refractivity contribution in [3.05, 3.63) is 158 Å². The second kappa shape index (κ2) is 11.7. The molecular weight excluding hydrogens is 631 g/mol. The maximum Gasteiger partial charge on any atom is 0.143 e. The van der Waals surface area contributed by atoms with Crippen LogP contribution in [-0.4, -0.2) is 5.54 Å². The van der Waals surface area contributed by atoms with Crippen molar-refractivity contribution in [2.75, 3.05) is 4.90 Å². The largest absolute Gasteiger partial charge is 0.455 e. The van der Waals surface area contributed by atoms with E-state index in [-0.39, 0.29) is 5.54 Å². The first-order valence-corrected chi connectivity index (χ1v) is 19.2. The maximum atomic E-state index is 6.99. The van der Waals surface area contributed by atoms with Gasteiger partial charge in [-0.3, -0.25) is 0 Å². The van der Waals surface area contributed by atoms with Crippen LogP contribution >= 0.6 is 0 Å². The summed E-state index contributed by atoms with van der Waals surface area (Å²) in [7, 11) is 0. The van der Waals surface area contributed by atoms with E-state index in [4.69, 9.17) is 4.42 Å². The van der Waals surface area contributed by atoms with Gasteiger partial charge in [0, 0.05) is 38.8 Å². The molecule has 1 heterocycles. The van der Waals surface area contributed by atoms with Gasteiger partial charge >= 0.3 is 0 Å². The number of nitrogens with zero attached hydrogens (tertiary/aromatic N) is 1. The first kappa shape index (κ1) is 30.1. The van der Waals surface area contributed by atoms with Gasteiger partial charge in [-0.15, -0.1) is 0 Å². The van der Waals surface area contributed by atoms with Crippen LogP contribution in [0.3, 0.4) is 0 Å². The van der Waals surface area contributed by atoms with Crippen LogP contribution in [0.15, 0.2) is 162 Å². The summed E-state index contributed by atoms with van der Waals surface area (Å²) in [5.41, 5.74) is 9.68. The van der Waals surface area contributed by atoms with Crippen molar-refractivity contribution >= 4 is 43.9 Å². The smallest absolute Gasteiger partial charge is 0.143 e. The van der Waals surface area contributed by atoms with E-state index in [1.54, 1.807) is 0 Å².